The normalized spacial score (nSPS) is 13.0. The summed E-state index contributed by atoms with van der Waals surface area (Å²) in [6, 6.07) is -0.755. The molecule has 0 aromatic carbocycles. The van der Waals surface area contributed by atoms with E-state index < -0.39 is 23.6 Å². The van der Waals surface area contributed by atoms with Crippen LogP contribution in [0.3, 0.4) is 0 Å². The van der Waals surface area contributed by atoms with Gasteiger partial charge in [0.2, 0.25) is 0 Å². The van der Waals surface area contributed by atoms with Crippen LogP contribution in [-0.2, 0) is 9.53 Å². The highest BCUT2D eigenvalue weighted by Gasteiger charge is 2.22. The SMILES string of the molecule is CCCCC(NC(=O)OC(C)(C)C)C([NH])=O. The van der Waals surface area contributed by atoms with Crippen LogP contribution in [0.2, 0.25) is 0 Å². The molecular weight excluding hydrogens is 208 g/mol. The predicted molar refractivity (Wildman–Crippen MR) is 60.8 cm³/mol. The monoisotopic (exact) mass is 229 g/mol. The van der Waals surface area contributed by atoms with Gasteiger partial charge in [0.25, 0.3) is 5.91 Å². The number of rotatable bonds is 5. The zero-order valence-electron chi connectivity index (χ0n) is 10.4. The second kappa shape index (κ2) is 6.35. The molecule has 0 aromatic heterocycles. The van der Waals surface area contributed by atoms with E-state index in [1.165, 1.54) is 0 Å². The Kier molecular flexibility index (Phi) is 5.85. The number of hydrogen-bond donors (Lipinski definition) is 1. The van der Waals surface area contributed by atoms with E-state index >= 15 is 0 Å². The first-order chi connectivity index (χ1) is 7.26. The number of alkyl carbamates (subject to hydrolysis) is 1. The van der Waals surface area contributed by atoms with Crippen molar-refractivity contribution >= 4 is 12.0 Å². The molecule has 0 spiro atoms. The minimum Gasteiger partial charge on any atom is -0.444 e. The maximum absolute atomic E-state index is 11.4. The molecular formula is C11H21N2O3. The van der Waals surface area contributed by atoms with Gasteiger partial charge in [-0.2, -0.15) is 0 Å². The van der Waals surface area contributed by atoms with Gasteiger partial charge >= 0.3 is 6.09 Å². The lowest BCUT2D eigenvalue weighted by molar-refractivity contribution is -0.120. The lowest BCUT2D eigenvalue weighted by Gasteiger charge is -2.22. The van der Waals surface area contributed by atoms with Crippen LogP contribution in [0.15, 0.2) is 0 Å². The average Bonchev–Trinajstić information content (AvgIpc) is 2.08. The minimum absolute atomic E-state index is 0.484. The Labute approximate surface area is 96.7 Å². The van der Waals surface area contributed by atoms with E-state index in [-0.39, 0.29) is 0 Å². The molecule has 0 rings (SSSR count). The van der Waals surface area contributed by atoms with Crippen molar-refractivity contribution in [2.24, 2.45) is 0 Å². The molecule has 1 radical (unpaired) electrons. The zero-order valence-corrected chi connectivity index (χ0v) is 10.4. The molecule has 2 amide bonds. The van der Waals surface area contributed by atoms with Crippen LogP contribution in [0.1, 0.15) is 47.0 Å². The summed E-state index contributed by atoms with van der Waals surface area (Å²) in [7, 11) is 0. The van der Waals surface area contributed by atoms with Crippen molar-refractivity contribution in [2.75, 3.05) is 0 Å². The largest absolute Gasteiger partial charge is 0.444 e. The molecule has 1 unspecified atom stereocenters. The van der Waals surface area contributed by atoms with E-state index in [0.717, 1.165) is 12.8 Å². The Morgan fingerprint density at radius 3 is 2.31 bits per heavy atom. The predicted octanol–water partition coefficient (Wildman–Crippen LogP) is 1.88. The van der Waals surface area contributed by atoms with Crippen molar-refractivity contribution in [2.45, 2.75) is 58.6 Å². The van der Waals surface area contributed by atoms with E-state index in [4.69, 9.17) is 10.5 Å². The van der Waals surface area contributed by atoms with Crippen molar-refractivity contribution in [1.82, 2.24) is 11.1 Å². The summed E-state index contributed by atoms with van der Waals surface area (Å²) in [4.78, 5) is 22.3. The number of nitrogens with one attached hydrogen (secondary N) is 2. The van der Waals surface area contributed by atoms with Gasteiger partial charge in [0.1, 0.15) is 11.6 Å². The van der Waals surface area contributed by atoms with Crippen LogP contribution in [-0.4, -0.2) is 23.6 Å². The zero-order chi connectivity index (χ0) is 12.8. The number of unbranched alkanes of at least 4 members (excludes halogenated alkanes) is 1. The van der Waals surface area contributed by atoms with Crippen molar-refractivity contribution < 1.29 is 14.3 Å². The van der Waals surface area contributed by atoms with Gasteiger partial charge < -0.3 is 10.1 Å². The average molecular weight is 229 g/mol. The third-order valence-electron chi connectivity index (χ3n) is 1.85. The molecule has 2 N–H and O–H groups in total. The number of carbonyl (C=O) groups excluding carboxylic acids is 2. The quantitative estimate of drug-likeness (QED) is 0.781. The second-order valence-corrected chi connectivity index (χ2v) is 4.71. The van der Waals surface area contributed by atoms with Crippen molar-refractivity contribution in [1.29, 1.82) is 0 Å². The van der Waals surface area contributed by atoms with Crippen molar-refractivity contribution in [3.8, 4) is 0 Å². The Bertz CT molecular complexity index is 246. The fraction of sp³-hybridized carbons (Fsp3) is 0.818. The molecule has 0 aliphatic rings. The van der Waals surface area contributed by atoms with Crippen LogP contribution >= 0.6 is 0 Å². The lowest BCUT2D eigenvalue weighted by atomic mass is 10.1. The van der Waals surface area contributed by atoms with Crippen LogP contribution in [0.4, 0.5) is 4.79 Å². The molecule has 0 saturated heterocycles. The van der Waals surface area contributed by atoms with Gasteiger partial charge in [0, 0.05) is 0 Å². The summed E-state index contributed by atoms with van der Waals surface area (Å²) in [5.41, 5.74) is 6.44. The summed E-state index contributed by atoms with van der Waals surface area (Å²) in [5, 5.41) is 2.41. The first kappa shape index (κ1) is 14.7. The second-order valence-electron chi connectivity index (χ2n) is 4.71. The first-order valence-corrected chi connectivity index (χ1v) is 5.51. The van der Waals surface area contributed by atoms with Crippen LogP contribution < -0.4 is 11.1 Å². The molecule has 0 aromatic rings. The molecule has 0 heterocycles. The van der Waals surface area contributed by atoms with Gasteiger partial charge in [-0.1, -0.05) is 19.8 Å². The Morgan fingerprint density at radius 1 is 1.38 bits per heavy atom. The first-order valence-electron chi connectivity index (χ1n) is 5.51. The number of amides is 2. The van der Waals surface area contributed by atoms with Crippen molar-refractivity contribution in [3.63, 3.8) is 0 Å². The summed E-state index contributed by atoms with van der Waals surface area (Å²) in [6.07, 6.45) is 1.55. The Morgan fingerprint density at radius 2 is 1.94 bits per heavy atom. The molecule has 0 saturated carbocycles. The highest BCUT2D eigenvalue weighted by atomic mass is 16.6. The van der Waals surface area contributed by atoms with Gasteiger partial charge in [-0.3, -0.25) is 10.5 Å². The number of hydrogen-bond acceptors (Lipinski definition) is 3. The van der Waals surface area contributed by atoms with Crippen LogP contribution in [0, 0.1) is 0 Å². The molecule has 5 heteroatoms. The summed E-state index contributed by atoms with van der Waals surface area (Å²) < 4.78 is 5.01. The minimum atomic E-state index is -0.778. The van der Waals surface area contributed by atoms with Gasteiger partial charge in [0.05, 0.1) is 0 Å². The topological polar surface area (TPSA) is 79.2 Å². The van der Waals surface area contributed by atoms with Crippen LogP contribution in [0.25, 0.3) is 0 Å². The van der Waals surface area contributed by atoms with E-state index in [1.54, 1.807) is 20.8 Å². The number of ether oxygens (including phenoxy) is 1. The molecule has 0 bridgehead atoms. The Balaban J connectivity index is 4.19. The smallest absolute Gasteiger partial charge is 0.408 e. The summed E-state index contributed by atoms with van der Waals surface area (Å²) in [5.74, 6) is -0.778. The molecule has 1 atom stereocenters. The van der Waals surface area contributed by atoms with E-state index in [2.05, 4.69) is 5.32 Å². The standard InChI is InChI=1S/C11H21N2O3/c1-5-6-7-8(9(12)14)13-10(15)16-11(2,3)4/h8,12H,5-7H2,1-4H3,(H,13,15). The molecule has 0 fully saturated rings. The third-order valence-corrected chi connectivity index (χ3v) is 1.85. The van der Waals surface area contributed by atoms with Gasteiger partial charge in [0.15, 0.2) is 0 Å². The van der Waals surface area contributed by atoms with Gasteiger partial charge in [-0.15, -0.1) is 0 Å². The van der Waals surface area contributed by atoms with E-state index in [0.29, 0.717) is 6.42 Å². The molecule has 16 heavy (non-hydrogen) atoms. The highest BCUT2D eigenvalue weighted by molar-refractivity contribution is 5.83. The van der Waals surface area contributed by atoms with E-state index in [1.807, 2.05) is 6.92 Å². The van der Waals surface area contributed by atoms with Crippen molar-refractivity contribution in [3.05, 3.63) is 0 Å². The summed E-state index contributed by atoms with van der Waals surface area (Å²) in [6.45, 7) is 7.22. The maximum atomic E-state index is 11.4. The number of carbonyl (C=O) groups is 2. The van der Waals surface area contributed by atoms with Gasteiger partial charge in [-0.05, 0) is 27.2 Å². The van der Waals surface area contributed by atoms with Crippen LogP contribution in [0.5, 0.6) is 0 Å². The van der Waals surface area contributed by atoms with E-state index in [9.17, 15) is 9.59 Å². The molecule has 5 nitrogen and oxygen atoms in total. The third kappa shape index (κ3) is 7.09. The Hall–Kier alpha value is -1.26. The van der Waals surface area contributed by atoms with Gasteiger partial charge in [-0.25, -0.2) is 4.79 Å². The fourth-order valence-corrected chi connectivity index (χ4v) is 1.13. The molecule has 93 valence electrons. The molecule has 0 aliphatic carbocycles. The summed E-state index contributed by atoms with van der Waals surface area (Å²) >= 11 is 0. The lowest BCUT2D eigenvalue weighted by Crippen LogP contribution is -2.43. The highest BCUT2D eigenvalue weighted by Crippen LogP contribution is 2.08. The molecule has 0 aliphatic heterocycles. The fourth-order valence-electron chi connectivity index (χ4n) is 1.13. The maximum Gasteiger partial charge on any atom is 0.408 e.